The lowest BCUT2D eigenvalue weighted by atomic mass is 10.2. The van der Waals surface area contributed by atoms with Gasteiger partial charge in [0.15, 0.2) is 0 Å². The van der Waals surface area contributed by atoms with Gasteiger partial charge in [-0.2, -0.15) is 4.31 Å². The minimum Gasteiger partial charge on any atom is -0.262 e. The van der Waals surface area contributed by atoms with Crippen molar-refractivity contribution in [3.05, 3.63) is 18.3 Å². The molecule has 3 rings (SSSR count). The van der Waals surface area contributed by atoms with E-state index < -0.39 is 10.0 Å². The van der Waals surface area contributed by atoms with E-state index in [9.17, 15) is 8.42 Å². The monoisotopic (exact) mass is 296 g/mol. The molecule has 0 bridgehead atoms. The van der Waals surface area contributed by atoms with Gasteiger partial charge in [-0.3, -0.25) is 4.90 Å². The Kier molecular flexibility index (Phi) is 3.94. The van der Waals surface area contributed by atoms with Crippen LogP contribution in [0.15, 0.2) is 23.2 Å². The fourth-order valence-corrected chi connectivity index (χ4v) is 4.46. The molecule has 0 aliphatic carbocycles. The van der Waals surface area contributed by atoms with Crippen molar-refractivity contribution in [2.24, 2.45) is 0 Å². The van der Waals surface area contributed by atoms with Crippen LogP contribution in [0.5, 0.6) is 0 Å². The molecule has 1 aromatic rings. The van der Waals surface area contributed by atoms with Crippen molar-refractivity contribution in [2.75, 3.05) is 31.1 Å². The number of anilines is 1. The average molecular weight is 296 g/mol. The Morgan fingerprint density at radius 1 is 0.900 bits per heavy atom. The molecular weight excluding hydrogens is 274 g/mol. The number of aromatic amines is 1. The Bertz CT molecular complexity index is 544. The van der Waals surface area contributed by atoms with Gasteiger partial charge < -0.3 is 0 Å². The Morgan fingerprint density at radius 2 is 1.55 bits per heavy atom. The first-order valence-electron chi connectivity index (χ1n) is 7.45. The van der Waals surface area contributed by atoms with Gasteiger partial charge in [0.25, 0.3) is 5.82 Å². The second-order valence-corrected chi connectivity index (χ2v) is 7.51. The Balaban J connectivity index is 1.79. The van der Waals surface area contributed by atoms with Crippen LogP contribution in [0, 0.1) is 0 Å². The van der Waals surface area contributed by atoms with E-state index in [1.54, 1.807) is 16.6 Å². The number of hydrogen-bond donors (Lipinski definition) is 0. The number of hydrogen-bond acceptors (Lipinski definition) is 3. The highest BCUT2D eigenvalue weighted by atomic mass is 32.2. The summed E-state index contributed by atoms with van der Waals surface area (Å²) >= 11 is 0. The first-order chi connectivity index (χ1) is 9.68. The molecular formula is C14H22N3O2S+. The topological polar surface area (TPSA) is 54.8 Å². The molecule has 1 aromatic heterocycles. The third-order valence-electron chi connectivity index (χ3n) is 4.17. The SMILES string of the molecule is O=S(=O)(c1ccc(N2CCCC2)[nH+]c1)N1CCCCC1. The fraction of sp³-hybridized carbons (Fsp3) is 0.643. The van der Waals surface area contributed by atoms with Crippen LogP contribution < -0.4 is 9.88 Å². The van der Waals surface area contributed by atoms with Gasteiger partial charge >= 0.3 is 0 Å². The molecule has 2 aliphatic rings. The molecule has 0 unspecified atom stereocenters. The highest BCUT2D eigenvalue weighted by Crippen LogP contribution is 2.21. The van der Waals surface area contributed by atoms with Gasteiger partial charge in [0.05, 0.1) is 13.1 Å². The maximum atomic E-state index is 12.5. The summed E-state index contributed by atoms with van der Waals surface area (Å²) < 4.78 is 26.6. The average Bonchev–Trinajstić information content (AvgIpc) is 3.02. The lowest BCUT2D eigenvalue weighted by Gasteiger charge is -2.25. The van der Waals surface area contributed by atoms with Crippen LogP contribution in [0.25, 0.3) is 0 Å². The van der Waals surface area contributed by atoms with E-state index in [4.69, 9.17) is 0 Å². The number of aromatic nitrogens is 1. The van der Waals surface area contributed by atoms with Gasteiger partial charge in [-0.25, -0.2) is 13.4 Å². The summed E-state index contributed by atoms with van der Waals surface area (Å²) in [5.74, 6) is 1.01. The predicted octanol–water partition coefficient (Wildman–Crippen LogP) is 1.28. The Morgan fingerprint density at radius 3 is 2.15 bits per heavy atom. The molecule has 1 N–H and O–H groups in total. The first kappa shape index (κ1) is 13.8. The van der Waals surface area contributed by atoms with Crippen molar-refractivity contribution in [1.82, 2.24) is 4.31 Å². The highest BCUT2D eigenvalue weighted by molar-refractivity contribution is 7.89. The second kappa shape index (κ2) is 5.69. The number of H-pyrrole nitrogens is 1. The van der Waals surface area contributed by atoms with Crippen molar-refractivity contribution >= 4 is 15.8 Å². The maximum Gasteiger partial charge on any atom is 0.274 e. The van der Waals surface area contributed by atoms with E-state index in [1.807, 2.05) is 6.07 Å². The van der Waals surface area contributed by atoms with Gasteiger partial charge in [0.1, 0.15) is 11.1 Å². The largest absolute Gasteiger partial charge is 0.274 e. The smallest absolute Gasteiger partial charge is 0.262 e. The van der Waals surface area contributed by atoms with Gasteiger partial charge in [0.2, 0.25) is 10.0 Å². The molecule has 0 saturated carbocycles. The summed E-state index contributed by atoms with van der Waals surface area (Å²) in [4.78, 5) is 5.78. The van der Waals surface area contributed by atoms with E-state index in [-0.39, 0.29) is 0 Å². The zero-order valence-electron chi connectivity index (χ0n) is 11.7. The minimum atomic E-state index is -3.32. The summed E-state index contributed by atoms with van der Waals surface area (Å²) in [6.07, 6.45) is 7.12. The third-order valence-corrected chi connectivity index (χ3v) is 6.06. The van der Waals surface area contributed by atoms with Crippen LogP contribution in [-0.2, 0) is 10.0 Å². The van der Waals surface area contributed by atoms with Gasteiger partial charge in [-0.1, -0.05) is 6.42 Å². The van der Waals surface area contributed by atoms with Crippen molar-refractivity contribution in [3.8, 4) is 0 Å². The molecule has 20 heavy (non-hydrogen) atoms. The van der Waals surface area contributed by atoms with Gasteiger partial charge in [-0.15, -0.1) is 0 Å². The normalized spacial score (nSPS) is 21.3. The van der Waals surface area contributed by atoms with Crippen LogP contribution in [-0.4, -0.2) is 38.9 Å². The molecule has 0 atom stereocenters. The fourth-order valence-electron chi connectivity index (χ4n) is 2.97. The van der Waals surface area contributed by atoms with Crippen molar-refractivity contribution in [1.29, 1.82) is 0 Å². The highest BCUT2D eigenvalue weighted by Gasteiger charge is 2.28. The van der Waals surface area contributed by atoms with E-state index in [1.165, 1.54) is 12.8 Å². The van der Waals surface area contributed by atoms with Crippen LogP contribution in [0.2, 0.25) is 0 Å². The zero-order chi connectivity index (χ0) is 14.0. The molecule has 2 aliphatic heterocycles. The molecule has 0 spiro atoms. The second-order valence-electron chi connectivity index (χ2n) is 5.57. The molecule has 2 saturated heterocycles. The molecule has 0 aromatic carbocycles. The zero-order valence-corrected chi connectivity index (χ0v) is 12.5. The lowest BCUT2D eigenvalue weighted by molar-refractivity contribution is -0.367. The molecule has 6 heteroatoms. The molecule has 5 nitrogen and oxygen atoms in total. The first-order valence-corrected chi connectivity index (χ1v) is 8.89. The Hall–Kier alpha value is -1.14. The quantitative estimate of drug-likeness (QED) is 0.844. The van der Waals surface area contributed by atoms with Crippen molar-refractivity contribution in [3.63, 3.8) is 0 Å². The van der Waals surface area contributed by atoms with Gasteiger partial charge in [-0.05, 0) is 31.7 Å². The van der Waals surface area contributed by atoms with Crippen LogP contribution >= 0.6 is 0 Å². The molecule has 3 heterocycles. The number of nitrogens with one attached hydrogen (secondary N) is 1. The summed E-state index contributed by atoms with van der Waals surface area (Å²) in [5, 5.41) is 0. The van der Waals surface area contributed by atoms with Crippen LogP contribution in [0.3, 0.4) is 0 Å². The molecule has 2 fully saturated rings. The summed E-state index contributed by atoms with van der Waals surface area (Å²) in [6.45, 7) is 3.40. The number of pyridine rings is 1. The molecule has 0 amide bonds. The van der Waals surface area contributed by atoms with Crippen LogP contribution in [0.1, 0.15) is 32.1 Å². The number of nitrogens with zero attached hydrogens (tertiary/aromatic N) is 2. The number of piperidine rings is 1. The van der Waals surface area contributed by atoms with E-state index in [2.05, 4.69) is 9.88 Å². The molecule has 110 valence electrons. The Labute approximate surface area is 120 Å². The number of rotatable bonds is 3. The standard InChI is InChI=1S/C14H21N3O2S/c18-20(19,17-10-2-1-3-11-17)13-6-7-14(15-12-13)16-8-4-5-9-16/h6-7,12H,1-5,8-11H2/p+1. The van der Waals surface area contributed by atoms with Crippen molar-refractivity contribution in [2.45, 2.75) is 37.0 Å². The van der Waals surface area contributed by atoms with E-state index >= 15 is 0 Å². The van der Waals surface area contributed by atoms with Gasteiger partial charge in [0, 0.05) is 19.2 Å². The summed E-state index contributed by atoms with van der Waals surface area (Å²) in [6, 6.07) is 3.62. The third kappa shape index (κ3) is 2.67. The predicted molar refractivity (Wildman–Crippen MR) is 77.1 cm³/mol. The van der Waals surface area contributed by atoms with E-state index in [0.717, 1.165) is 38.2 Å². The summed E-state index contributed by atoms with van der Waals surface area (Å²) in [7, 11) is -3.32. The van der Waals surface area contributed by atoms with E-state index in [0.29, 0.717) is 18.0 Å². The van der Waals surface area contributed by atoms with Crippen LogP contribution in [0.4, 0.5) is 5.82 Å². The minimum absolute atomic E-state index is 0.377. The maximum absolute atomic E-state index is 12.5. The molecule has 0 radical (unpaired) electrons. The van der Waals surface area contributed by atoms with Crippen molar-refractivity contribution < 1.29 is 13.4 Å². The summed E-state index contributed by atoms with van der Waals surface area (Å²) in [5.41, 5.74) is 0. The lowest BCUT2D eigenvalue weighted by Crippen LogP contribution is -2.36. The number of sulfonamides is 1.